The van der Waals surface area contributed by atoms with Gasteiger partial charge in [0.05, 0.1) is 6.04 Å². The van der Waals surface area contributed by atoms with E-state index in [2.05, 4.69) is 58.7 Å². The Kier molecular flexibility index (Phi) is 6.95. The van der Waals surface area contributed by atoms with Crippen LogP contribution in [0.3, 0.4) is 0 Å². The highest BCUT2D eigenvalue weighted by molar-refractivity contribution is 14.0. The van der Waals surface area contributed by atoms with Crippen molar-refractivity contribution in [1.29, 1.82) is 0 Å². The molecule has 0 aliphatic rings. The molecule has 0 saturated heterocycles. The molecular formula is C16H19IN2S. The van der Waals surface area contributed by atoms with E-state index in [4.69, 9.17) is 12.2 Å². The lowest BCUT2D eigenvalue weighted by molar-refractivity contribution is 0.423. The van der Waals surface area contributed by atoms with Crippen molar-refractivity contribution in [2.75, 3.05) is 14.1 Å². The lowest BCUT2D eigenvalue weighted by atomic mass is 9.98. The van der Waals surface area contributed by atoms with E-state index in [0.717, 1.165) is 5.11 Å². The quantitative estimate of drug-likeness (QED) is 0.625. The van der Waals surface area contributed by atoms with Crippen LogP contribution in [0.1, 0.15) is 17.2 Å². The topological polar surface area (TPSA) is 15.3 Å². The smallest absolute Gasteiger partial charge is 0.169 e. The van der Waals surface area contributed by atoms with Gasteiger partial charge in [0.25, 0.3) is 0 Å². The Morgan fingerprint density at radius 3 is 1.70 bits per heavy atom. The molecule has 4 heteroatoms. The van der Waals surface area contributed by atoms with Gasteiger partial charge < -0.3 is 10.2 Å². The van der Waals surface area contributed by atoms with Crippen molar-refractivity contribution in [2.45, 2.75) is 6.04 Å². The van der Waals surface area contributed by atoms with Crippen molar-refractivity contribution in [3.05, 3.63) is 71.8 Å². The van der Waals surface area contributed by atoms with Crippen LogP contribution in [0.4, 0.5) is 0 Å². The molecule has 0 radical (unpaired) electrons. The minimum Gasteiger partial charge on any atom is -0.366 e. The van der Waals surface area contributed by atoms with Crippen molar-refractivity contribution >= 4 is 41.3 Å². The molecule has 2 aromatic carbocycles. The predicted molar refractivity (Wildman–Crippen MR) is 99.6 cm³/mol. The number of benzene rings is 2. The van der Waals surface area contributed by atoms with Gasteiger partial charge in [-0.2, -0.15) is 0 Å². The molecule has 1 N–H and O–H groups in total. The maximum atomic E-state index is 5.37. The van der Waals surface area contributed by atoms with Crippen LogP contribution >= 0.6 is 36.2 Å². The Morgan fingerprint density at radius 1 is 0.950 bits per heavy atom. The van der Waals surface area contributed by atoms with Gasteiger partial charge in [0.15, 0.2) is 5.11 Å². The molecule has 2 rings (SSSR count). The van der Waals surface area contributed by atoms with Crippen LogP contribution in [0.25, 0.3) is 0 Å². The van der Waals surface area contributed by atoms with Gasteiger partial charge in [-0.1, -0.05) is 60.7 Å². The fourth-order valence-corrected chi connectivity index (χ4v) is 2.31. The summed E-state index contributed by atoms with van der Waals surface area (Å²) in [6, 6.07) is 20.9. The second-order valence-corrected chi connectivity index (χ2v) is 4.78. The zero-order valence-corrected chi connectivity index (χ0v) is 14.8. The molecule has 0 amide bonds. The predicted octanol–water partition coefficient (Wildman–Crippen LogP) is 3.83. The summed E-state index contributed by atoms with van der Waals surface area (Å²) in [7, 11) is 3.87. The van der Waals surface area contributed by atoms with Gasteiger partial charge in [0.2, 0.25) is 0 Å². The monoisotopic (exact) mass is 398 g/mol. The second kappa shape index (κ2) is 8.21. The molecule has 0 bridgehead atoms. The molecule has 0 fully saturated rings. The van der Waals surface area contributed by atoms with Crippen molar-refractivity contribution < 1.29 is 0 Å². The van der Waals surface area contributed by atoms with Crippen molar-refractivity contribution in [1.82, 2.24) is 10.2 Å². The van der Waals surface area contributed by atoms with Gasteiger partial charge in [0.1, 0.15) is 0 Å². The molecule has 0 spiro atoms. The zero-order chi connectivity index (χ0) is 13.7. The standard InChI is InChI=1S/C16H18N2S.HI/c1-17-16(19)18(2)15(13-9-5-3-6-10-13)14-11-7-4-8-12-14;/h3-12,15H,1-2H3,(H,17,19);1H. The Morgan fingerprint density at radius 2 is 1.35 bits per heavy atom. The lowest BCUT2D eigenvalue weighted by Gasteiger charge is -2.30. The third kappa shape index (κ3) is 3.93. The SMILES string of the molecule is CNC(=S)N(C)C(c1ccccc1)c1ccccc1.I. The third-order valence-electron chi connectivity index (χ3n) is 3.15. The summed E-state index contributed by atoms with van der Waals surface area (Å²) < 4.78 is 0. The van der Waals surface area contributed by atoms with Crippen LogP contribution in [0.2, 0.25) is 0 Å². The average Bonchev–Trinajstić information content (AvgIpc) is 2.49. The van der Waals surface area contributed by atoms with Crippen molar-refractivity contribution in [3.8, 4) is 0 Å². The number of rotatable bonds is 3. The first kappa shape index (κ1) is 16.9. The summed E-state index contributed by atoms with van der Waals surface area (Å²) in [5, 5.41) is 3.78. The van der Waals surface area contributed by atoms with Gasteiger partial charge in [-0.25, -0.2) is 0 Å². The molecule has 0 aliphatic heterocycles. The summed E-state index contributed by atoms with van der Waals surface area (Å²) in [4.78, 5) is 2.08. The number of hydrogen-bond acceptors (Lipinski definition) is 1. The Bertz CT molecular complexity index is 491. The average molecular weight is 398 g/mol. The molecule has 0 saturated carbocycles. The normalized spacial score (nSPS) is 9.75. The number of thiocarbonyl (C=S) groups is 1. The number of hydrogen-bond donors (Lipinski definition) is 1. The van der Waals surface area contributed by atoms with E-state index >= 15 is 0 Å². The minimum atomic E-state index is 0. The number of halogens is 1. The number of nitrogens with zero attached hydrogens (tertiary/aromatic N) is 1. The van der Waals surface area contributed by atoms with Gasteiger partial charge in [0, 0.05) is 14.1 Å². The van der Waals surface area contributed by atoms with Crippen molar-refractivity contribution in [2.24, 2.45) is 0 Å². The van der Waals surface area contributed by atoms with Crippen LogP contribution in [0, 0.1) is 0 Å². The van der Waals surface area contributed by atoms with E-state index in [1.807, 2.05) is 26.2 Å². The summed E-state index contributed by atoms with van der Waals surface area (Å²) in [5.41, 5.74) is 2.46. The molecule has 0 atom stereocenters. The highest BCUT2D eigenvalue weighted by Gasteiger charge is 2.20. The molecule has 2 nitrogen and oxygen atoms in total. The van der Waals surface area contributed by atoms with E-state index in [-0.39, 0.29) is 30.0 Å². The Hall–Kier alpha value is -1.14. The van der Waals surface area contributed by atoms with E-state index in [1.165, 1.54) is 11.1 Å². The van der Waals surface area contributed by atoms with E-state index < -0.39 is 0 Å². The van der Waals surface area contributed by atoms with E-state index in [1.54, 1.807) is 0 Å². The minimum absolute atomic E-state index is 0. The second-order valence-electron chi connectivity index (χ2n) is 4.39. The molecule has 0 aliphatic carbocycles. The van der Waals surface area contributed by atoms with Crippen LogP contribution in [-0.2, 0) is 0 Å². The van der Waals surface area contributed by atoms with Crippen LogP contribution in [-0.4, -0.2) is 24.1 Å². The van der Waals surface area contributed by atoms with Gasteiger partial charge in [-0.05, 0) is 23.3 Å². The largest absolute Gasteiger partial charge is 0.366 e. The van der Waals surface area contributed by atoms with Crippen LogP contribution in [0.15, 0.2) is 60.7 Å². The fraction of sp³-hybridized carbons (Fsp3) is 0.188. The molecule has 106 valence electrons. The van der Waals surface area contributed by atoms with E-state index in [0.29, 0.717) is 0 Å². The molecular weight excluding hydrogens is 379 g/mol. The molecule has 0 aromatic heterocycles. The summed E-state index contributed by atoms with van der Waals surface area (Å²) in [6.45, 7) is 0. The van der Waals surface area contributed by atoms with E-state index in [9.17, 15) is 0 Å². The van der Waals surface area contributed by atoms with Gasteiger partial charge in [-0.3, -0.25) is 0 Å². The molecule has 20 heavy (non-hydrogen) atoms. The van der Waals surface area contributed by atoms with Crippen LogP contribution in [0.5, 0.6) is 0 Å². The molecule has 0 unspecified atom stereocenters. The maximum Gasteiger partial charge on any atom is 0.169 e. The van der Waals surface area contributed by atoms with Gasteiger partial charge >= 0.3 is 0 Å². The van der Waals surface area contributed by atoms with Crippen molar-refractivity contribution in [3.63, 3.8) is 0 Å². The lowest BCUT2D eigenvalue weighted by Crippen LogP contribution is -2.38. The first-order valence-electron chi connectivity index (χ1n) is 6.28. The van der Waals surface area contributed by atoms with Gasteiger partial charge in [-0.15, -0.1) is 24.0 Å². The summed E-state index contributed by atoms with van der Waals surface area (Å²) in [6.07, 6.45) is 0. The van der Waals surface area contributed by atoms with Crippen LogP contribution < -0.4 is 5.32 Å². The number of nitrogens with one attached hydrogen (secondary N) is 1. The fourth-order valence-electron chi connectivity index (χ4n) is 2.20. The summed E-state index contributed by atoms with van der Waals surface area (Å²) >= 11 is 5.37. The third-order valence-corrected chi connectivity index (χ3v) is 3.64. The first-order chi connectivity index (χ1) is 9.24. The molecule has 0 heterocycles. The molecule has 2 aromatic rings. The Balaban J connectivity index is 0.00000200. The highest BCUT2D eigenvalue weighted by Crippen LogP contribution is 2.27. The Labute approximate surface area is 143 Å². The summed E-state index contributed by atoms with van der Waals surface area (Å²) in [5.74, 6) is 0. The highest BCUT2D eigenvalue weighted by atomic mass is 127. The zero-order valence-electron chi connectivity index (χ0n) is 11.6. The first-order valence-corrected chi connectivity index (χ1v) is 6.69. The maximum absolute atomic E-state index is 5.37.